The second kappa shape index (κ2) is 8.59. The molecular formula is C24H33NO3. The van der Waals surface area contributed by atoms with Gasteiger partial charge in [-0.05, 0) is 61.1 Å². The molecule has 2 fully saturated rings. The van der Waals surface area contributed by atoms with E-state index in [4.69, 9.17) is 0 Å². The summed E-state index contributed by atoms with van der Waals surface area (Å²) in [5, 5.41) is 0. The molecule has 0 bridgehead atoms. The molecule has 4 heteroatoms. The lowest BCUT2D eigenvalue weighted by Crippen LogP contribution is -2.30. The van der Waals surface area contributed by atoms with Gasteiger partial charge in [-0.15, -0.1) is 0 Å². The van der Waals surface area contributed by atoms with E-state index in [-0.39, 0.29) is 17.7 Å². The minimum absolute atomic E-state index is 0.0683. The third kappa shape index (κ3) is 4.71. The Kier molecular flexibility index (Phi) is 6.36. The highest BCUT2D eigenvalue weighted by Gasteiger charge is 2.43. The number of carbonyl (C=O) groups excluding carboxylic acids is 3. The molecule has 0 spiro atoms. The highest BCUT2D eigenvalue weighted by molar-refractivity contribution is 6.20. The third-order valence-corrected chi connectivity index (χ3v) is 6.19. The molecular weight excluding hydrogens is 350 g/mol. The quantitative estimate of drug-likeness (QED) is 0.576. The van der Waals surface area contributed by atoms with Gasteiger partial charge in [-0.25, -0.2) is 0 Å². The number of aryl methyl sites for hydroxylation is 1. The van der Waals surface area contributed by atoms with E-state index in [1.807, 2.05) is 24.3 Å². The SMILES string of the molecule is CC(C)CC1CC(=O)N(c2ccc(CCCC(=O)C3CC3C(C)C)cc2)C1=O. The number of anilines is 1. The lowest BCUT2D eigenvalue weighted by Gasteiger charge is -2.16. The van der Waals surface area contributed by atoms with E-state index >= 15 is 0 Å². The molecule has 4 nitrogen and oxygen atoms in total. The first kappa shape index (κ1) is 20.8. The van der Waals surface area contributed by atoms with Crippen molar-refractivity contribution in [3.05, 3.63) is 29.8 Å². The molecule has 3 atom stereocenters. The van der Waals surface area contributed by atoms with Crippen LogP contribution in [0.2, 0.25) is 0 Å². The van der Waals surface area contributed by atoms with E-state index in [0.29, 0.717) is 48.0 Å². The maximum absolute atomic E-state index is 12.6. The van der Waals surface area contributed by atoms with E-state index in [0.717, 1.165) is 31.2 Å². The van der Waals surface area contributed by atoms with Crippen LogP contribution in [-0.4, -0.2) is 17.6 Å². The zero-order valence-corrected chi connectivity index (χ0v) is 17.6. The Hall–Kier alpha value is -1.97. The number of imide groups is 1. The molecule has 2 aliphatic rings. The molecule has 1 saturated carbocycles. The number of rotatable bonds is 9. The fraction of sp³-hybridized carbons (Fsp3) is 0.625. The van der Waals surface area contributed by atoms with Crippen LogP contribution in [-0.2, 0) is 20.8 Å². The van der Waals surface area contributed by atoms with Crippen LogP contribution in [0.15, 0.2) is 24.3 Å². The fourth-order valence-corrected chi connectivity index (χ4v) is 4.50. The summed E-state index contributed by atoms with van der Waals surface area (Å²) >= 11 is 0. The molecule has 0 N–H and O–H groups in total. The minimum atomic E-state index is -0.185. The Morgan fingerprint density at radius 1 is 1.11 bits per heavy atom. The van der Waals surface area contributed by atoms with Crippen molar-refractivity contribution in [1.82, 2.24) is 0 Å². The van der Waals surface area contributed by atoms with Crippen LogP contribution in [0.25, 0.3) is 0 Å². The maximum atomic E-state index is 12.6. The summed E-state index contributed by atoms with van der Waals surface area (Å²) in [7, 11) is 0. The van der Waals surface area contributed by atoms with Gasteiger partial charge in [-0.2, -0.15) is 0 Å². The summed E-state index contributed by atoms with van der Waals surface area (Å²) < 4.78 is 0. The van der Waals surface area contributed by atoms with Gasteiger partial charge in [0.05, 0.1) is 5.69 Å². The van der Waals surface area contributed by atoms with E-state index in [9.17, 15) is 14.4 Å². The lowest BCUT2D eigenvalue weighted by molar-refractivity contribution is -0.123. The molecule has 1 saturated heterocycles. The highest BCUT2D eigenvalue weighted by Crippen LogP contribution is 2.45. The number of nitrogens with zero attached hydrogens (tertiary/aromatic N) is 1. The summed E-state index contributed by atoms with van der Waals surface area (Å²) in [6.07, 6.45) is 4.50. The van der Waals surface area contributed by atoms with Crippen LogP contribution in [0, 0.1) is 29.6 Å². The molecule has 1 heterocycles. The Morgan fingerprint density at radius 2 is 1.79 bits per heavy atom. The molecule has 0 radical (unpaired) electrons. The van der Waals surface area contributed by atoms with Crippen molar-refractivity contribution in [2.45, 2.75) is 66.2 Å². The van der Waals surface area contributed by atoms with Crippen LogP contribution < -0.4 is 4.90 Å². The van der Waals surface area contributed by atoms with Gasteiger partial charge < -0.3 is 0 Å². The Bertz CT molecular complexity index is 735. The summed E-state index contributed by atoms with van der Waals surface area (Å²) in [4.78, 5) is 38.5. The zero-order valence-electron chi connectivity index (χ0n) is 17.6. The summed E-state index contributed by atoms with van der Waals surface area (Å²) in [5.41, 5.74) is 1.81. The van der Waals surface area contributed by atoms with Gasteiger partial charge in [-0.3, -0.25) is 19.3 Å². The van der Waals surface area contributed by atoms with Gasteiger partial charge in [0, 0.05) is 24.7 Å². The van der Waals surface area contributed by atoms with E-state index in [2.05, 4.69) is 27.7 Å². The van der Waals surface area contributed by atoms with Gasteiger partial charge in [0.2, 0.25) is 11.8 Å². The molecule has 3 rings (SSSR count). The smallest absolute Gasteiger partial charge is 0.237 e. The predicted molar refractivity (Wildman–Crippen MR) is 111 cm³/mol. The number of benzene rings is 1. The van der Waals surface area contributed by atoms with Gasteiger partial charge in [0.25, 0.3) is 0 Å². The first-order valence-electron chi connectivity index (χ1n) is 10.8. The first-order chi connectivity index (χ1) is 13.3. The molecule has 2 amide bonds. The predicted octanol–water partition coefficient (Wildman–Crippen LogP) is 4.80. The summed E-state index contributed by atoms with van der Waals surface area (Å²) in [6, 6.07) is 7.68. The van der Waals surface area contributed by atoms with Gasteiger partial charge in [-0.1, -0.05) is 39.8 Å². The monoisotopic (exact) mass is 383 g/mol. The number of Topliss-reactive ketones (excluding diaryl/α,β-unsaturated/α-hetero) is 1. The van der Waals surface area contributed by atoms with Crippen molar-refractivity contribution in [2.75, 3.05) is 4.90 Å². The first-order valence-corrected chi connectivity index (χ1v) is 10.8. The number of ketones is 1. The number of carbonyl (C=O) groups is 3. The van der Waals surface area contributed by atoms with Crippen molar-refractivity contribution in [3.63, 3.8) is 0 Å². The highest BCUT2D eigenvalue weighted by atomic mass is 16.2. The van der Waals surface area contributed by atoms with Crippen molar-refractivity contribution in [3.8, 4) is 0 Å². The molecule has 1 aliphatic heterocycles. The van der Waals surface area contributed by atoms with Crippen LogP contribution in [0.1, 0.15) is 65.4 Å². The number of hydrogen-bond acceptors (Lipinski definition) is 3. The van der Waals surface area contributed by atoms with Crippen LogP contribution in [0.3, 0.4) is 0 Å². The van der Waals surface area contributed by atoms with Crippen molar-refractivity contribution >= 4 is 23.3 Å². The average Bonchev–Trinajstić information content (AvgIpc) is 3.38. The zero-order chi connectivity index (χ0) is 20.4. The van der Waals surface area contributed by atoms with Crippen LogP contribution in [0.5, 0.6) is 0 Å². The topological polar surface area (TPSA) is 54.5 Å². The van der Waals surface area contributed by atoms with E-state index in [1.165, 1.54) is 4.90 Å². The maximum Gasteiger partial charge on any atom is 0.237 e. The Labute approximate surface area is 168 Å². The van der Waals surface area contributed by atoms with Crippen molar-refractivity contribution < 1.29 is 14.4 Å². The summed E-state index contributed by atoms with van der Waals surface area (Å²) in [6.45, 7) is 8.54. The molecule has 152 valence electrons. The Balaban J connectivity index is 1.50. The molecule has 1 aromatic carbocycles. The molecule has 1 aromatic rings. The fourth-order valence-electron chi connectivity index (χ4n) is 4.50. The number of hydrogen-bond donors (Lipinski definition) is 0. The minimum Gasteiger partial charge on any atom is -0.299 e. The average molecular weight is 384 g/mol. The van der Waals surface area contributed by atoms with Gasteiger partial charge in [0.1, 0.15) is 5.78 Å². The molecule has 0 aromatic heterocycles. The van der Waals surface area contributed by atoms with Crippen LogP contribution in [0.4, 0.5) is 5.69 Å². The molecule has 3 unspecified atom stereocenters. The van der Waals surface area contributed by atoms with Crippen LogP contribution >= 0.6 is 0 Å². The molecule has 28 heavy (non-hydrogen) atoms. The standard InChI is InChI=1S/C24H33NO3/c1-15(2)12-18-13-23(27)25(24(18)28)19-10-8-17(9-11-19)6-5-7-22(26)21-14-20(21)16(3)4/h8-11,15-16,18,20-21H,5-7,12-14H2,1-4H3. The molecule has 1 aliphatic carbocycles. The van der Waals surface area contributed by atoms with Crippen molar-refractivity contribution in [2.24, 2.45) is 29.6 Å². The normalized spacial score (nSPS) is 24.5. The van der Waals surface area contributed by atoms with E-state index < -0.39 is 0 Å². The Morgan fingerprint density at radius 3 is 2.36 bits per heavy atom. The third-order valence-electron chi connectivity index (χ3n) is 6.19. The largest absolute Gasteiger partial charge is 0.299 e. The van der Waals surface area contributed by atoms with Gasteiger partial charge >= 0.3 is 0 Å². The lowest BCUT2D eigenvalue weighted by atomic mass is 9.96. The second-order valence-electron chi connectivity index (χ2n) is 9.33. The van der Waals surface area contributed by atoms with E-state index in [1.54, 1.807) is 0 Å². The van der Waals surface area contributed by atoms with Crippen molar-refractivity contribution in [1.29, 1.82) is 0 Å². The summed E-state index contributed by atoms with van der Waals surface area (Å²) in [5.74, 6) is 1.97. The number of amides is 2. The second-order valence-corrected chi connectivity index (χ2v) is 9.33. The van der Waals surface area contributed by atoms with Gasteiger partial charge in [0.15, 0.2) is 0 Å².